The van der Waals surface area contributed by atoms with Gasteiger partial charge in [0.2, 0.25) is 0 Å². The topological polar surface area (TPSA) is 86.9 Å². The minimum atomic E-state index is -0.339. The van der Waals surface area contributed by atoms with Crippen molar-refractivity contribution in [2.75, 3.05) is 7.05 Å². The summed E-state index contributed by atoms with van der Waals surface area (Å²) in [5, 5.41) is 12.1. The van der Waals surface area contributed by atoms with E-state index in [2.05, 4.69) is 45.1 Å². The van der Waals surface area contributed by atoms with Crippen molar-refractivity contribution in [3.63, 3.8) is 0 Å². The highest BCUT2D eigenvalue weighted by molar-refractivity contribution is 5.92. The first-order valence-electron chi connectivity index (χ1n) is 8.78. The maximum absolute atomic E-state index is 12.2. The summed E-state index contributed by atoms with van der Waals surface area (Å²) in [6, 6.07) is 18.9. The van der Waals surface area contributed by atoms with Crippen LogP contribution < -0.4 is 16.2 Å². The van der Waals surface area contributed by atoms with Gasteiger partial charge in [0.1, 0.15) is 5.69 Å². The zero-order chi connectivity index (χ0) is 19.2. The number of aromatic nitrogens is 2. The van der Waals surface area contributed by atoms with Gasteiger partial charge in [0.15, 0.2) is 0 Å². The smallest absolute Gasteiger partial charge is 0.272 e. The van der Waals surface area contributed by atoms with Gasteiger partial charge in [-0.1, -0.05) is 48.5 Å². The number of rotatable bonds is 6. The lowest BCUT2D eigenvalue weighted by Crippen LogP contribution is -2.28. The van der Waals surface area contributed by atoms with E-state index >= 15 is 0 Å². The van der Waals surface area contributed by atoms with E-state index < -0.39 is 0 Å². The molecule has 0 aliphatic carbocycles. The quantitative estimate of drug-likeness (QED) is 0.629. The number of hydrogen-bond donors (Lipinski definition) is 3. The molecule has 0 radical (unpaired) electrons. The van der Waals surface area contributed by atoms with Crippen LogP contribution in [0.4, 0.5) is 0 Å². The summed E-state index contributed by atoms with van der Waals surface area (Å²) < 4.78 is 0. The van der Waals surface area contributed by atoms with Gasteiger partial charge in [-0.2, -0.15) is 5.10 Å². The van der Waals surface area contributed by atoms with Crippen LogP contribution >= 0.6 is 0 Å². The molecule has 3 aromatic rings. The van der Waals surface area contributed by atoms with Crippen LogP contribution in [0.15, 0.2) is 65.5 Å². The number of nitrogens with one attached hydrogen (secondary N) is 3. The minimum absolute atomic E-state index is 0.180. The van der Waals surface area contributed by atoms with Crippen molar-refractivity contribution in [3.8, 4) is 11.1 Å². The summed E-state index contributed by atoms with van der Waals surface area (Å²) >= 11 is 0. The third-order valence-corrected chi connectivity index (χ3v) is 4.37. The number of hydrogen-bond acceptors (Lipinski definition) is 4. The molecule has 6 nitrogen and oxygen atoms in total. The third kappa shape index (κ3) is 4.48. The van der Waals surface area contributed by atoms with Crippen LogP contribution in [0.1, 0.15) is 34.6 Å². The normalized spacial score (nSPS) is 11.8. The molecule has 1 atom stereocenters. The summed E-state index contributed by atoms with van der Waals surface area (Å²) in [6.07, 6.45) is 0. The SMILES string of the molecule is CNCc1ccccc1-c1ccc([C@@H](C)NC(=O)c2ccc(=O)[nH]n2)cc1. The Morgan fingerprint density at radius 2 is 1.81 bits per heavy atom. The largest absolute Gasteiger partial charge is 0.344 e. The van der Waals surface area contributed by atoms with E-state index in [0.717, 1.165) is 17.7 Å². The summed E-state index contributed by atoms with van der Waals surface area (Å²) in [6.45, 7) is 2.71. The molecule has 0 saturated heterocycles. The molecule has 138 valence electrons. The van der Waals surface area contributed by atoms with Crippen molar-refractivity contribution in [2.45, 2.75) is 19.5 Å². The molecule has 1 heterocycles. The fraction of sp³-hybridized carbons (Fsp3) is 0.190. The molecule has 0 unspecified atom stereocenters. The molecule has 6 heteroatoms. The van der Waals surface area contributed by atoms with Crippen molar-refractivity contribution in [2.24, 2.45) is 0 Å². The van der Waals surface area contributed by atoms with E-state index in [1.807, 2.05) is 38.2 Å². The molecule has 0 aliphatic heterocycles. The Hall–Kier alpha value is -3.25. The Labute approximate surface area is 157 Å². The standard InChI is InChI=1S/C21H22N4O2/c1-14(23-21(27)19-11-12-20(26)25-24-19)15-7-9-16(10-8-15)18-6-4-3-5-17(18)13-22-2/h3-12,14,22H,13H2,1-2H3,(H,23,27)(H,25,26)/t14-/m1/s1. The van der Waals surface area contributed by atoms with Gasteiger partial charge in [0.05, 0.1) is 6.04 Å². The second kappa shape index (κ2) is 8.42. The number of aromatic amines is 1. The summed E-state index contributed by atoms with van der Waals surface area (Å²) in [5.41, 5.74) is 4.38. The van der Waals surface area contributed by atoms with Gasteiger partial charge in [-0.05, 0) is 42.3 Å². The Bertz CT molecular complexity index is 959. The maximum Gasteiger partial charge on any atom is 0.272 e. The molecule has 27 heavy (non-hydrogen) atoms. The number of benzene rings is 2. The van der Waals surface area contributed by atoms with Gasteiger partial charge in [-0.15, -0.1) is 0 Å². The Kier molecular flexibility index (Phi) is 5.78. The summed E-state index contributed by atoms with van der Waals surface area (Å²) in [5.74, 6) is -0.331. The lowest BCUT2D eigenvalue weighted by molar-refractivity contribution is 0.0933. The lowest BCUT2D eigenvalue weighted by Gasteiger charge is -2.15. The molecule has 1 aromatic heterocycles. The second-order valence-corrected chi connectivity index (χ2v) is 6.31. The van der Waals surface area contributed by atoms with Crippen LogP contribution in [0, 0.1) is 0 Å². The fourth-order valence-corrected chi connectivity index (χ4v) is 2.92. The lowest BCUT2D eigenvalue weighted by atomic mass is 9.97. The van der Waals surface area contributed by atoms with Gasteiger partial charge in [0, 0.05) is 12.6 Å². The van der Waals surface area contributed by atoms with Crippen molar-refractivity contribution < 1.29 is 4.79 Å². The Morgan fingerprint density at radius 3 is 2.48 bits per heavy atom. The first-order chi connectivity index (χ1) is 13.1. The molecule has 0 spiro atoms. The average Bonchev–Trinajstić information content (AvgIpc) is 2.69. The van der Waals surface area contributed by atoms with Crippen LogP contribution in [-0.2, 0) is 6.54 Å². The zero-order valence-electron chi connectivity index (χ0n) is 15.3. The number of nitrogens with zero attached hydrogens (tertiary/aromatic N) is 1. The molecule has 3 N–H and O–H groups in total. The number of carbonyl (C=O) groups is 1. The number of amides is 1. The molecule has 3 rings (SSSR count). The molecular formula is C21H22N4O2. The first-order valence-corrected chi connectivity index (χ1v) is 8.78. The van der Waals surface area contributed by atoms with Crippen LogP contribution in [0.25, 0.3) is 11.1 Å². The van der Waals surface area contributed by atoms with E-state index in [1.54, 1.807) is 0 Å². The predicted octanol–water partition coefficient (Wildman–Crippen LogP) is 2.65. The van der Waals surface area contributed by atoms with E-state index in [9.17, 15) is 9.59 Å². The molecule has 0 bridgehead atoms. The molecule has 1 amide bonds. The number of carbonyl (C=O) groups excluding carboxylic acids is 1. The van der Waals surface area contributed by atoms with Crippen molar-refractivity contribution in [1.29, 1.82) is 0 Å². The first kappa shape index (κ1) is 18.5. The third-order valence-electron chi connectivity index (χ3n) is 4.37. The Balaban J connectivity index is 1.74. The zero-order valence-corrected chi connectivity index (χ0v) is 15.3. The van der Waals surface area contributed by atoms with Gasteiger partial charge < -0.3 is 10.6 Å². The highest BCUT2D eigenvalue weighted by Crippen LogP contribution is 2.25. The van der Waals surface area contributed by atoms with E-state index in [0.29, 0.717) is 0 Å². The van der Waals surface area contributed by atoms with Gasteiger partial charge >= 0.3 is 0 Å². The summed E-state index contributed by atoms with van der Waals surface area (Å²) in [4.78, 5) is 23.3. The van der Waals surface area contributed by atoms with E-state index in [-0.39, 0.29) is 23.2 Å². The van der Waals surface area contributed by atoms with Crippen LogP contribution in [-0.4, -0.2) is 23.2 Å². The summed E-state index contributed by atoms with van der Waals surface area (Å²) in [7, 11) is 1.93. The van der Waals surface area contributed by atoms with Crippen LogP contribution in [0.3, 0.4) is 0 Å². The van der Waals surface area contributed by atoms with E-state index in [4.69, 9.17) is 0 Å². The molecule has 0 saturated carbocycles. The van der Waals surface area contributed by atoms with Gasteiger partial charge in [-0.25, -0.2) is 5.10 Å². The minimum Gasteiger partial charge on any atom is -0.344 e. The molecule has 2 aromatic carbocycles. The van der Waals surface area contributed by atoms with Crippen LogP contribution in [0.2, 0.25) is 0 Å². The monoisotopic (exact) mass is 362 g/mol. The molecule has 0 aliphatic rings. The second-order valence-electron chi connectivity index (χ2n) is 6.31. The van der Waals surface area contributed by atoms with Crippen molar-refractivity contribution in [3.05, 3.63) is 87.8 Å². The highest BCUT2D eigenvalue weighted by atomic mass is 16.2. The predicted molar refractivity (Wildman–Crippen MR) is 105 cm³/mol. The van der Waals surface area contributed by atoms with Crippen molar-refractivity contribution >= 4 is 5.91 Å². The number of H-pyrrole nitrogens is 1. The Morgan fingerprint density at radius 1 is 1.07 bits per heavy atom. The van der Waals surface area contributed by atoms with Gasteiger partial charge in [0.25, 0.3) is 11.5 Å². The highest BCUT2D eigenvalue weighted by Gasteiger charge is 2.13. The van der Waals surface area contributed by atoms with Crippen molar-refractivity contribution in [1.82, 2.24) is 20.8 Å². The fourth-order valence-electron chi connectivity index (χ4n) is 2.92. The average molecular weight is 362 g/mol. The molecule has 0 fully saturated rings. The van der Waals surface area contributed by atoms with E-state index in [1.165, 1.54) is 23.3 Å². The maximum atomic E-state index is 12.2. The van der Waals surface area contributed by atoms with Gasteiger partial charge in [-0.3, -0.25) is 9.59 Å². The van der Waals surface area contributed by atoms with Crippen LogP contribution in [0.5, 0.6) is 0 Å². The molecular weight excluding hydrogens is 340 g/mol.